The largest absolute Gasteiger partial charge is 0.360 e. The van der Waals surface area contributed by atoms with Crippen LogP contribution in [0, 0.1) is 13.8 Å². The van der Waals surface area contributed by atoms with Gasteiger partial charge in [-0.1, -0.05) is 54.4 Å². The van der Waals surface area contributed by atoms with Crippen molar-refractivity contribution < 1.29 is 17.7 Å². The van der Waals surface area contributed by atoms with E-state index in [0.29, 0.717) is 41.4 Å². The first-order valence-corrected chi connectivity index (χ1v) is 12.3. The van der Waals surface area contributed by atoms with E-state index in [2.05, 4.69) is 10.5 Å². The van der Waals surface area contributed by atoms with Gasteiger partial charge in [0.1, 0.15) is 17.0 Å². The summed E-state index contributed by atoms with van der Waals surface area (Å²) in [5.74, 6) is -0.00421. The SMILES string of the molecule is Cc1ccc(NC(=O)c2c(-c3ccccc3)noc2C)cc1S(=O)(=O)N1CCCCCC1. The lowest BCUT2D eigenvalue weighted by atomic mass is 10.1. The summed E-state index contributed by atoms with van der Waals surface area (Å²) in [4.78, 5) is 13.3. The van der Waals surface area contributed by atoms with E-state index in [0.717, 1.165) is 31.2 Å². The number of rotatable bonds is 5. The molecule has 0 saturated carbocycles. The summed E-state index contributed by atoms with van der Waals surface area (Å²) in [5.41, 5.74) is 2.61. The van der Waals surface area contributed by atoms with Crippen LogP contribution in [0.25, 0.3) is 11.3 Å². The first kappa shape index (κ1) is 22.2. The van der Waals surface area contributed by atoms with Gasteiger partial charge >= 0.3 is 0 Å². The Bertz CT molecular complexity index is 1210. The van der Waals surface area contributed by atoms with Crippen LogP contribution in [-0.2, 0) is 10.0 Å². The van der Waals surface area contributed by atoms with E-state index in [4.69, 9.17) is 4.52 Å². The molecule has 0 bridgehead atoms. The summed E-state index contributed by atoms with van der Waals surface area (Å²) in [7, 11) is -3.64. The standard InChI is InChI=1S/C24H27N3O4S/c1-17-12-13-20(16-21(17)32(29,30)27-14-8-3-4-9-15-27)25-24(28)22-18(2)31-26-23(22)19-10-6-5-7-11-19/h5-7,10-13,16H,3-4,8-9,14-15H2,1-2H3,(H,25,28). The highest BCUT2D eigenvalue weighted by Gasteiger charge is 2.28. The second kappa shape index (κ2) is 9.26. The van der Waals surface area contributed by atoms with Gasteiger partial charge in [0.25, 0.3) is 5.91 Å². The number of amides is 1. The quantitative estimate of drug-likeness (QED) is 0.600. The normalized spacial score (nSPS) is 15.3. The fourth-order valence-electron chi connectivity index (χ4n) is 4.00. The summed E-state index contributed by atoms with van der Waals surface area (Å²) in [6.07, 6.45) is 3.82. The van der Waals surface area contributed by atoms with Crippen LogP contribution in [0.5, 0.6) is 0 Å². The minimum atomic E-state index is -3.64. The average molecular weight is 454 g/mol. The van der Waals surface area contributed by atoms with Gasteiger partial charge in [-0.2, -0.15) is 4.31 Å². The van der Waals surface area contributed by atoms with Crippen LogP contribution in [0.15, 0.2) is 57.9 Å². The molecule has 1 fully saturated rings. The molecule has 7 nitrogen and oxygen atoms in total. The molecule has 1 saturated heterocycles. The predicted octanol–water partition coefficient (Wildman–Crippen LogP) is 4.78. The van der Waals surface area contributed by atoms with Crippen molar-refractivity contribution in [1.29, 1.82) is 0 Å². The molecule has 0 aliphatic carbocycles. The molecule has 8 heteroatoms. The molecule has 1 aliphatic rings. The number of sulfonamides is 1. The third-order valence-corrected chi connectivity index (χ3v) is 7.81. The second-order valence-electron chi connectivity index (χ2n) is 8.08. The zero-order chi connectivity index (χ0) is 22.7. The molecule has 1 amide bonds. The maximum atomic E-state index is 13.3. The Kier molecular flexibility index (Phi) is 6.43. The van der Waals surface area contributed by atoms with E-state index >= 15 is 0 Å². The molecule has 1 aromatic heterocycles. The van der Waals surface area contributed by atoms with Crippen LogP contribution < -0.4 is 5.32 Å². The summed E-state index contributed by atoms with van der Waals surface area (Å²) in [6.45, 7) is 4.50. The van der Waals surface area contributed by atoms with Gasteiger partial charge in [-0.05, 0) is 44.4 Å². The number of nitrogens with zero attached hydrogens (tertiary/aromatic N) is 2. The monoisotopic (exact) mass is 453 g/mol. The highest BCUT2D eigenvalue weighted by molar-refractivity contribution is 7.89. The fraction of sp³-hybridized carbons (Fsp3) is 0.333. The molecule has 1 aliphatic heterocycles. The van der Waals surface area contributed by atoms with Crippen LogP contribution in [0.3, 0.4) is 0 Å². The number of aromatic nitrogens is 1. The maximum absolute atomic E-state index is 13.3. The Morgan fingerprint density at radius 1 is 1.00 bits per heavy atom. The van der Waals surface area contributed by atoms with Crippen molar-refractivity contribution in [2.75, 3.05) is 18.4 Å². The third-order valence-electron chi connectivity index (χ3n) is 5.77. The van der Waals surface area contributed by atoms with Gasteiger partial charge in [-0.3, -0.25) is 4.79 Å². The molecule has 168 valence electrons. The van der Waals surface area contributed by atoms with E-state index in [-0.39, 0.29) is 4.90 Å². The van der Waals surface area contributed by atoms with Gasteiger partial charge < -0.3 is 9.84 Å². The van der Waals surface area contributed by atoms with Crippen LogP contribution in [0.1, 0.15) is 47.4 Å². The molecule has 0 atom stereocenters. The van der Waals surface area contributed by atoms with Crippen molar-refractivity contribution in [3.05, 3.63) is 65.4 Å². The van der Waals surface area contributed by atoms with E-state index in [1.165, 1.54) is 0 Å². The number of aryl methyl sites for hydroxylation is 2. The zero-order valence-electron chi connectivity index (χ0n) is 18.3. The Balaban J connectivity index is 1.63. The molecule has 1 N–H and O–H groups in total. The summed E-state index contributed by atoms with van der Waals surface area (Å²) < 4.78 is 33.5. The topological polar surface area (TPSA) is 92.5 Å². The number of nitrogens with one attached hydrogen (secondary N) is 1. The van der Waals surface area contributed by atoms with Crippen molar-refractivity contribution in [3.8, 4) is 11.3 Å². The number of benzene rings is 2. The van der Waals surface area contributed by atoms with Crippen LogP contribution >= 0.6 is 0 Å². The lowest BCUT2D eigenvalue weighted by Crippen LogP contribution is -2.32. The van der Waals surface area contributed by atoms with Crippen LogP contribution in [0.4, 0.5) is 5.69 Å². The van der Waals surface area contributed by atoms with E-state index in [1.54, 1.807) is 36.4 Å². The highest BCUT2D eigenvalue weighted by atomic mass is 32.2. The van der Waals surface area contributed by atoms with E-state index in [1.807, 2.05) is 30.3 Å². The minimum absolute atomic E-state index is 0.225. The average Bonchev–Trinajstić information content (AvgIpc) is 2.98. The van der Waals surface area contributed by atoms with Crippen molar-refractivity contribution in [3.63, 3.8) is 0 Å². The lowest BCUT2D eigenvalue weighted by molar-refractivity contribution is 0.102. The zero-order valence-corrected chi connectivity index (χ0v) is 19.1. The Hall–Kier alpha value is -2.97. The highest BCUT2D eigenvalue weighted by Crippen LogP contribution is 2.28. The summed E-state index contributed by atoms with van der Waals surface area (Å²) >= 11 is 0. The summed E-state index contributed by atoms with van der Waals surface area (Å²) in [5, 5.41) is 6.88. The molecular formula is C24H27N3O4S. The second-order valence-corrected chi connectivity index (χ2v) is 9.99. The van der Waals surface area contributed by atoms with Crippen molar-refractivity contribution in [1.82, 2.24) is 9.46 Å². The molecule has 4 rings (SSSR count). The molecule has 0 spiro atoms. The number of carbonyl (C=O) groups excluding carboxylic acids is 1. The lowest BCUT2D eigenvalue weighted by Gasteiger charge is -2.21. The van der Waals surface area contributed by atoms with Crippen molar-refractivity contribution in [2.24, 2.45) is 0 Å². The van der Waals surface area contributed by atoms with Gasteiger partial charge in [0.05, 0.1) is 4.90 Å². The molecule has 3 aromatic rings. The molecule has 2 aromatic carbocycles. The van der Waals surface area contributed by atoms with Gasteiger partial charge in [0, 0.05) is 24.3 Å². The molecule has 0 unspecified atom stereocenters. The first-order valence-electron chi connectivity index (χ1n) is 10.8. The van der Waals surface area contributed by atoms with Crippen molar-refractivity contribution >= 4 is 21.6 Å². The number of hydrogen-bond acceptors (Lipinski definition) is 5. The van der Waals surface area contributed by atoms with Crippen LogP contribution in [0.2, 0.25) is 0 Å². The fourth-order valence-corrected chi connectivity index (χ4v) is 5.77. The Labute approximate surface area is 188 Å². The smallest absolute Gasteiger partial charge is 0.261 e. The van der Waals surface area contributed by atoms with E-state index < -0.39 is 15.9 Å². The van der Waals surface area contributed by atoms with Gasteiger partial charge in [-0.25, -0.2) is 8.42 Å². The molecule has 2 heterocycles. The Morgan fingerprint density at radius 3 is 2.38 bits per heavy atom. The number of carbonyl (C=O) groups is 1. The van der Waals surface area contributed by atoms with Crippen molar-refractivity contribution in [2.45, 2.75) is 44.4 Å². The number of hydrogen-bond donors (Lipinski definition) is 1. The van der Waals surface area contributed by atoms with Crippen LogP contribution in [-0.4, -0.2) is 36.9 Å². The molecule has 0 radical (unpaired) electrons. The third kappa shape index (κ3) is 4.47. The Morgan fingerprint density at radius 2 is 1.69 bits per heavy atom. The van der Waals surface area contributed by atoms with Gasteiger partial charge in [0.15, 0.2) is 0 Å². The molecule has 32 heavy (non-hydrogen) atoms. The van der Waals surface area contributed by atoms with Gasteiger partial charge in [0.2, 0.25) is 10.0 Å². The molecular weight excluding hydrogens is 426 g/mol. The van der Waals surface area contributed by atoms with E-state index in [9.17, 15) is 13.2 Å². The minimum Gasteiger partial charge on any atom is -0.360 e. The number of anilines is 1. The van der Waals surface area contributed by atoms with Gasteiger partial charge in [-0.15, -0.1) is 0 Å². The maximum Gasteiger partial charge on any atom is 0.261 e. The first-order chi connectivity index (χ1) is 15.4. The predicted molar refractivity (Wildman–Crippen MR) is 123 cm³/mol. The summed E-state index contributed by atoms with van der Waals surface area (Å²) in [6, 6.07) is 14.3.